The fraction of sp³-hybridized carbons (Fsp3) is 0.188. The highest BCUT2D eigenvalue weighted by atomic mass is 35.5. The minimum atomic E-state index is -0.572. The number of benzene rings is 2. The summed E-state index contributed by atoms with van der Waals surface area (Å²) in [6.45, 7) is 1.12. The summed E-state index contributed by atoms with van der Waals surface area (Å²) in [5.41, 5.74) is 0.486. The molecule has 1 aliphatic rings. The quantitative estimate of drug-likeness (QED) is 0.675. The second-order valence-electron chi connectivity index (χ2n) is 5.09. The highest BCUT2D eigenvalue weighted by Crippen LogP contribution is 2.32. The molecule has 0 bridgehead atoms. The fourth-order valence-electron chi connectivity index (χ4n) is 2.24. The van der Waals surface area contributed by atoms with Gasteiger partial charge in [-0.2, -0.15) is 0 Å². The van der Waals surface area contributed by atoms with E-state index < -0.39 is 10.8 Å². The van der Waals surface area contributed by atoms with E-state index in [4.69, 9.17) is 21.1 Å². The van der Waals surface area contributed by atoms with Crippen molar-refractivity contribution in [1.82, 2.24) is 0 Å². The number of anilines is 1. The fourth-order valence-corrected chi connectivity index (χ4v) is 2.50. The highest BCUT2D eigenvalue weighted by molar-refractivity contribution is 6.34. The van der Waals surface area contributed by atoms with Crippen LogP contribution >= 0.6 is 11.6 Å². The number of non-ortho nitro benzene ring substituents is 1. The normalized spacial score (nSPS) is 13.0. The van der Waals surface area contributed by atoms with E-state index in [1.54, 1.807) is 18.2 Å². The predicted octanol–water partition coefficient (Wildman–Crippen LogP) is 3.66. The number of nitrogens with zero attached hydrogens (tertiary/aromatic N) is 1. The number of carbonyl (C=O) groups is 1. The highest BCUT2D eigenvalue weighted by Gasteiger charge is 2.16. The summed E-state index contributed by atoms with van der Waals surface area (Å²) in [7, 11) is 0. The number of fused-ring (bicyclic) bond motifs is 1. The summed E-state index contributed by atoms with van der Waals surface area (Å²) in [5.74, 6) is 0.711. The Balaban J connectivity index is 1.80. The molecule has 0 radical (unpaired) electrons. The van der Waals surface area contributed by atoms with Crippen LogP contribution in [-0.2, 0) is 0 Å². The number of hydrogen-bond acceptors (Lipinski definition) is 5. The SMILES string of the molecule is O=C(Nc1ccc2c(c1)OCCCO2)c1ccc([N+](=O)[O-])cc1Cl. The Morgan fingerprint density at radius 2 is 1.88 bits per heavy atom. The van der Waals surface area contributed by atoms with Gasteiger partial charge in [-0.1, -0.05) is 11.6 Å². The van der Waals surface area contributed by atoms with Gasteiger partial charge in [0.05, 0.1) is 28.7 Å². The van der Waals surface area contributed by atoms with E-state index in [0.717, 1.165) is 12.5 Å². The van der Waals surface area contributed by atoms with E-state index in [2.05, 4.69) is 5.32 Å². The molecular formula is C16H13ClN2O5. The molecule has 1 amide bonds. The molecule has 2 aromatic rings. The maximum absolute atomic E-state index is 12.3. The zero-order valence-corrected chi connectivity index (χ0v) is 13.2. The summed E-state index contributed by atoms with van der Waals surface area (Å²) in [6.07, 6.45) is 0.786. The van der Waals surface area contributed by atoms with Gasteiger partial charge >= 0.3 is 0 Å². The summed E-state index contributed by atoms with van der Waals surface area (Å²) in [5, 5.41) is 13.4. The van der Waals surface area contributed by atoms with E-state index in [1.807, 2.05) is 0 Å². The smallest absolute Gasteiger partial charge is 0.270 e. The molecule has 0 fully saturated rings. The van der Waals surface area contributed by atoms with E-state index >= 15 is 0 Å². The number of hydrogen-bond donors (Lipinski definition) is 1. The van der Waals surface area contributed by atoms with Gasteiger partial charge in [0.15, 0.2) is 11.5 Å². The largest absolute Gasteiger partial charge is 0.490 e. The molecule has 3 rings (SSSR count). The first kappa shape index (κ1) is 16.1. The standard InChI is InChI=1S/C16H13ClN2O5/c17-13-9-11(19(21)22)3-4-12(13)16(20)18-10-2-5-14-15(8-10)24-7-1-6-23-14/h2-5,8-9H,1,6-7H2,(H,18,20). The van der Waals surface area contributed by atoms with Crippen molar-refractivity contribution in [2.75, 3.05) is 18.5 Å². The van der Waals surface area contributed by atoms with Crippen LogP contribution in [0.15, 0.2) is 36.4 Å². The van der Waals surface area contributed by atoms with Gasteiger partial charge in [-0.25, -0.2) is 0 Å². The molecule has 0 atom stereocenters. The van der Waals surface area contributed by atoms with Crippen LogP contribution in [0.1, 0.15) is 16.8 Å². The lowest BCUT2D eigenvalue weighted by atomic mass is 10.2. The van der Waals surface area contributed by atoms with Crippen LogP contribution in [0.4, 0.5) is 11.4 Å². The first-order valence-electron chi connectivity index (χ1n) is 7.19. The molecule has 8 heteroatoms. The summed E-state index contributed by atoms with van der Waals surface area (Å²) in [6, 6.07) is 8.76. The lowest BCUT2D eigenvalue weighted by Crippen LogP contribution is -2.12. The second-order valence-corrected chi connectivity index (χ2v) is 5.49. The van der Waals surface area contributed by atoms with Crippen LogP contribution in [-0.4, -0.2) is 24.0 Å². The van der Waals surface area contributed by atoms with Crippen molar-refractivity contribution in [3.05, 3.63) is 57.1 Å². The molecular weight excluding hydrogens is 336 g/mol. The zero-order valence-electron chi connectivity index (χ0n) is 12.5. The monoisotopic (exact) mass is 348 g/mol. The van der Waals surface area contributed by atoms with Gasteiger partial charge in [0.25, 0.3) is 11.6 Å². The number of carbonyl (C=O) groups excluding carboxylic acids is 1. The molecule has 1 heterocycles. The van der Waals surface area contributed by atoms with Gasteiger partial charge in [-0.15, -0.1) is 0 Å². The molecule has 1 N–H and O–H groups in total. The van der Waals surface area contributed by atoms with Crippen molar-refractivity contribution in [2.24, 2.45) is 0 Å². The molecule has 0 aromatic heterocycles. The average Bonchev–Trinajstić information content (AvgIpc) is 2.79. The first-order valence-corrected chi connectivity index (χ1v) is 7.57. The van der Waals surface area contributed by atoms with Crippen molar-refractivity contribution in [3.8, 4) is 11.5 Å². The van der Waals surface area contributed by atoms with Gasteiger partial charge in [-0.3, -0.25) is 14.9 Å². The van der Waals surface area contributed by atoms with Gasteiger partial charge in [-0.05, 0) is 18.2 Å². The van der Waals surface area contributed by atoms with Crippen LogP contribution in [0.2, 0.25) is 5.02 Å². The molecule has 1 aliphatic heterocycles. The lowest BCUT2D eigenvalue weighted by Gasteiger charge is -2.11. The van der Waals surface area contributed by atoms with E-state index in [1.165, 1.54) is 12.1 Å². The van der Waals surface area contributed by atoms with Crippen molar-refractivity contribution < 1.29 is 19.2 Å². The van der Waals surface area contributed by atoms with Crippen LogP contribution in [0.3, 0.4) is 0 Å². The molecule has 0 aliphatic carbocycles. The number of amides is 1. The molecule has 24 heavy (non-hydrogen) atoms. The summed E-state index contributed by atoms with van der Waals surface area (Å²) in [4.78, 5) is 22.5. The predicted molar refractivity (Wildman–Crippen MR) is 88.1 cm³/mol. The topological polar surface area (TPSA) is 90.7 Å². The Morgan fingerprint density at radius 1 is 1.12 bits per heavy atom. The third kappa shape index (κ3) is 3.41. The minimum Gasteiger partial charge on any atom is -0.490 e. The number of ether oxygens (including phenoxy) is 2. The Labute approximate surface area is 142 Å². The molecule has 0 unspecified atom stereocenters. The molecule has 7 nitrogen and oxygen atoms in total. The number of nitro groups is 1. The maximum Gasteiger partial charge on any atom is 0.270 e. The molecule has 0 saturated heterocycles. The first-order chi connectivity index (χ1) is 11.5. The van der Waals surface area contributed by atoms with Gasteiger partial charge < -0.3 is 14.8 Å². The van der Waals surface area contributed by atoms with Crippen molar-refractivity contribution in [1.29, 1.82) is 0 Å². The molecule has 124 valence electrons. The molecule has 2 aromatic carbocycles. The average molecular weight is 349 g/mol. The van der Waals surface area contributed by atoms with E-state index in [-0.39, 0.29) is 16.3 Å². The minimum absolute atomic E-state index is 0.0102. The number of nitrogens with one attached hydrogen (secondary N) is 1. The Hall–Kier alpha value is -2.80. The van der Waals surface area contributed by atoms with E-state index in [9.17, 15) is 14.9 Å². The van der Waals surface area contributed by atoms with Gasteiger partial charge in [0, 0.05) is 30.3 Å². The summed E-state index contributed by atoms with van der Waals surface area (Å²) >= 11 is 5.96. The Morgan fingerprint density at radius 3 is 2.58 bits per heavy atom. The summed E-state index contributed by atoms with van der Waals surface area (Å²) < 4.78 is 11.1. The van der Waals surface area contributed by atoms with Gasteiger partial charge in [0.1, 0.15) is 0 Å². The Bertz CT molecular complexity index is 809. The third-order valence-electron chi connectivity index (χ3n) is 3.41. The van der Waals surface area contributed by atoms with Crippen LogP contribution in [0, 0.1) is 10.1 Å². The maximum atomic E-state index is 12.3. The van der Waals surface area contributed by atoms with Gasteiger partial charge in [0.2, 0.25) is 0 Å². The molecule has 0 spiro atoms. The molecule has 0 saturated carbocycles. The number of nitro benzene ring substituents is 1. The van der Waals surface area contributed by atoms with E-state index in [0.29, 0.717) is 30.4 Å². The zero-order chi connectivity index (χ0) is 17.1. The number of halogens is 1. The second kappa shape index (κ2) is 6.76. The van der Waals surface area contributed by atoms with Crippen molar-refractivity contribution >= 4 is 28.9 Å². The van der Waals surface area contributed by atoms with Crippen LogP contribution in [0.25, 0.3) is 0 Å². The Kier molecular flexibility index (Phi) is 4.52. The third-order valence-corrected chi connectivity index (χ3v) is 3.73. The number of rotatable bonds is 3. The van der Waals surface area contributed by atoms with Crippen molar-refractivity contribution in [3.63, 3.8) is 0 Å². The van der Waals surface area contributed by atoms with Crippen LogP contribution < -0.4 is 14.8 Å². The van der Waals surface area contributed by atoms with Crippen molar-refractivity contribution in [2.45, 2.75) is 6.42 Å². The lowest BCUT2D eigenvalue weighted by molar-refractivity contribution is -0.384. The van der Waals surface area contributed by atoms with Crippen LogP contribution in [0.5, 0.6) is 11.5 Å².